The normalized spacial score (nSPS) is 11.3. The standard InChI is InChI=1S/C16H12N4O6S/c17-9-11(10-18-14-3-1-2-4-15(14)20(22)23)16(21)19-12-5-7-13(8-6-12)27(24,25)26/h1-8,10,18H,(H,19,21)(H,24,25,26)/b11-10-. The Balaban J connectivity index is 2.16. The number of nitro benzene ring substituents is 1. The molecule has 1 amide bonds. The number of carbonyl (C=O) groups is 1. The maximum Gasteiger partial charge on any atom is 0.294 e. The van der Waals surface area contributed by atoms with E-state index < -0.39 is 20.9 Å². The van der Waals surface area contributed by atoms with Gasteiger partial charge >= 0.3 is 0 Å². The summed E-state index contributed by atoms with van der Waals surface area (Å²) in [5.74, 6) is -0.816. The molecule has 0 aliphatic heterocycles. The molecule has 10 nitrogen and oxygen atoms in total. The summed E-state index contributed by atoms with van der Waals surface area (Å²) in [5, 5.41) is 25.0. The first-order valence-corrected chi connectivity index (χ1v) is 8.65. The maximum atomic E-state index is 12.1. The molecule has 2 aromatic carbocycles. The monoisotopic (exact) mass is 388 g/mol. The molecule has 0 saturated carbocycles. The second kappa shape index (κ2) is 8.09. The zero-order chi connectivity index (χ0) is 20.0. The molecule has 0 aromatic heterocycles. The molecule has 0 atom stereocenters. The number of rotatable bonds is 6. The second-order valence-electron chi connectivity index (χ2n) is 5.04. The molecule has 0 aliphatic carbocycles. The molecule has 27 heavy (non-hydrogen) atoms. The zero-order valence-electron chi connectivity index (χ0n) is 13.5. The third kappa shape index (κ3) is 5.11. The first-order valence-electron chi connectivity index (χ1n) is 7.21. The van der Waals surface area contributed by atoms with E-state index in [1.54, 1.807) is 12.1 Å². The average Bonchev–Trinajstić information content (AvgIpc) is 2.62. The van der Waals surface area contributed by atoms with Crippen LogP contribution in [0.1, 0.15) is 0 Å². The predicted octanol–water partition coefficient (Wildman–Crippen LogP) is 2.30. The molecule has 0 spiro atoms. The van der Waals surface area contributed by atoms with Crippen LogP contribution >= 0.6 is 0 Å². The number of carbonyl (C=O) groups excluding carboxylic acids is 1. The number of anilines is 2. The molecule has 0 heterocycles. The third-order valence-corrected chi connectivity index (χ3v) is 4.12. The first kappa shape index (κ1) is 19.6. The second-order valence-corrected chi connectivity index (χ2v) is 6.46. The summed E-state index contributed by atoms with van der Waals surface area (Å²) in [6.45, 7) is 0. The van der Waals surface area contributed by atoms with Gasteiger partial charge in [-0.1, -0.05) is 12.1 Å². The molecule has 3 N–H and O–H groups in total. The quantitative estimate of drug-likeness (QED) is 0.223. The van der Waals surface area contributed by atoms with Gasteiger partial charge in [-0.05, 0) is 30.3 Å². The van der Waals surface area contributed by atoms with Gasteiger partial charge in [-0.15, -0.1) is 0 Å². The summed E-state index contributed by atoms with van der Waals surface area (Å²) in [6.07, 6.45) is 1.02. The summed E-state index contributed by atoms with van der Waals surface area (Å²) < 4.78 is 30.9. The number of nitrogens with zero attached hydrogens (tertiary/aromatic N) is 2. The molecule has 0 bridgehead atoms. The van der Waals surface area contributed by atoms with Crippen molar-refractivity contribution in [2.24, 2.45) is 0 Å². The van der Waals surface area contributed by atoms with Gasteiger partial charge in [-0.3, -0.25) is 19.5 Å². The summed E-state index contributed by atoms with van der Waals surface area (Å²) >= 11 is 0. The molecule has 0 saturated heterocycles. The van der Waals surface area contributed by atoms with Crippen molar-refractivity contribution in [3.05, 3.63) is 70.4 Å². The molecule has 2 aromatic rings. The summed E-state index contributed by atoms with van der Waals surface area (Å²) in [5.41, 5.74) is -0.320. The van der Waals surface area contributed by atoms with Crippen LogP contribution in [-0.4, -0.2) is 23.8 Å². The number of nitriles is 1. The van der Waals surface area contributed by atoms with Crippen molar-refractivity contribution in [1.29, 1.82) is 5.26 Å². The first-order chi connectivity index (χ1) is 12.7. The lowest BCUT2D eigenvalue weighted by Crippen LogP contribution is -2.14. The lowest BCUT2D eigenvalue weighted by atomic mass is 10.2. The number of hydrogen-bond donors (Lipinski definition) is 3. The van der Waals surface area contributed by atoms with Crippen LogP contribution in [0.5, 0.6) is 0 Å². The van der Waals surface area contributed by atoms with Crippen LogP contribution in [0.4, 0.5) is 17.1 Å². The Bertz CT molecular complexity index is 1060. The van der Waals surface area contributed by atoms with E-state index in [2.05, 4.69) is 10.6 Å². The number of hydrogen-bond acceptors (Lipinski definition) is 7. The molecule has 138 valence electrons. The van der Waals surface area contributed by atoms with Crippen molar-refractivity contribution in [2.45, 2.75) is 4.90 Å². The van der Waals surface area contributed by atoms with Crippen LogP contribution in [-0.2, 0) is 14.9 Å². The topological polar surface area (TPSA) is 162 Å². The Labute approximate surface area is 153 Å². The SMILES string of the molecule is N#C/C(=C/Nc1ccccc1[N+](=O)[O-])C(=O)Nc1ccc(S(=O)(=O)O)cc1. The maximum absolute atomic E-state index is 12.1. The number of para-hydroxylation sites is 2. The van der Waals surface area contributed by atoms with Crippen LogP contribution in [0.25, 0.3) is 0 Å². The van der Waals surface area contributed by atoms with Gasteiger partial charge in [0.05, 0.1) is 9.82 Å². The fourth-order valence-electron chi connectivity index (χ4n) is 1.96. The predicted molar refractivity (Wildman–Crippen MR) is 95.3 cm³/mol. The Hall–Kier alpha value is -3.75. The van der Waals surface area contributed by atoms with Crippen LogP contribution < -0.4 is 10.6 Å². The zero-order valence-corrected chi connectivity index (χ0v) is 14.3. The van der Waals surface area contributed by atoms with E-state index in [0.717, 1.165) is 18.3 Å². The lowest BCUT2D eigenvalue weighted by molar-refractivity contribution is -0.383. The van der Waals surface area contributed by atoms with Gasteiger partial charge in [0.2, 0.25) is 0 Å². The Morgan fingerprint density at radius 2 is 1.81 bits per heavy atom. The minimum absolute atomic E-state index is 0.0977. The highest BCUT2D eigenvalue weighted by Crippen LogP contribution is 2.23. The Morgan fingerprint density at radius 3 is 2.37 bits per heavy atom. The van der Waals surface area contributed by atoms with Gasteiger partial charge in [0.25, 0.3) is 21.7 Å². The van der Waals surface area contributed by atoms with Gasteiger partial charge in [-0.25, -0.2) is 0 Å². The van der Waals surface area contributed by atoms with Gasteiger partial charge in [0.15, 0.2) is 0 Å². The van der Waals surface area contributed by atoms with Crippen molar-refractivity contribution in [1.82, 2.24) is 0 Å². The van der Waals surface area contributed by atoms with Crippen molar-refractivity contribution >= 4 is 33.1 Å². The number of amides is 1. The van der Waals surface area contributed by atoms with E-state index in [9.17, 15) is 23.3 Å². The Morgan fingerprint density at radius 1 is 1.19 bits per heavy atom. The minimum atomic E-state index is -4.36. The van der Waals surface area contributed by atoms with Crippen molar-refractivity contribution in [2.75, 3.05) is 10.6 Å². The van der Waals surface area contributed by atoms with Crippen molar-refractivity contribution in [3.8, 4) is 6.07 Å². The van der Waals surface area contributed by atoms with E-state index in [-0.39, 0.29) is 27.5 Å². The van der Waals surface area contributed by atoms with Crippen LogP contribution in [0.3, 0.4) is 0 Å². The minimum Gasteiger partial charge on any atom is -0.355 e. The number of nitrogens with one attached hydrogen (secondary N) is 2. The molecule has 0 unspecified atom stereocenters. The summed E-state index contributed by atoms with van der Waals surface area (Å²) in [4.78, 5) is 22.1. The molecule has 0 aliphatic rings. The number of nitro groups is 1. The summed E-state index contributed by atoms with van der Waals surface area (Å²) in [6, 6.07) is 12.0. The Kier molecular flexibility index (Phi) is 5.86. The molecular formula is C16H12N4O6S. The largest absolute Gasteiger partial charge is 0.355 e. The highest BCUT2D eigenvalue weighted by atomic mass is 32.2. The van der Waals surface area contributed by atoms with Gasteiger partial charge in [0.1, 0.15) is 17.3 Å². The van der Waals surface area contributed by atoms with Gasteiger partial charge in [0, 0.05) is 18.0 Å². The fraction of sp³-hybridized carbons (Fsp3) is 0. The molecule has 2 rings (SSSR count). The van der Waals surface area contributed by atoms with E-state index in [4.69, 9.17) is 9.81 Å². The van der Waals surface area contributed by atoms with E-state index in [0.29, 0.717) is 0 Å². The highest BCUT2D eigenvalue weighted by molar-refractivity contribution is 7.85. The van der Waals surface area contributed by atoms with Crippen LogP contribution in [0.2, 0.25) is 0 Å². The number of benzene rings is 2. The van der Waals surface area contributed by atoms with Gasteiger partial charge < -0.3 is 10.6 Å². The smallest absolute Gasteiger partial charge is 0.294 e. The van der Waals surface area contributed by atoms with Gasteiger partial charge in [-0.2, -0.15) is 13.7 Å². The van der Waals surface area contributed by atoms with Crippen molar-refractivity contribution < 1.29 is 22.7 Å². The van der Waals surface area contributed by atoms with E-state index >= 15 is 0 Å². The van der Waals surface area contributed by atoms with E-state index in [1.165, 1.54) is 30.3 Å². The van der Waals surface area contributed by atoms with Crippen molar-refractivity contribution in [3.63, 3.8) is 0 Å². The molecule has 0 radical (unpaired) electrons. The van der Waals surface area contributed by atoms with Crippen LogP contribution in [0.15, 0.2) is 65.2 Å². The fourth-order valence-corrected chi connectivity index (χ4v) is 2.44. The molecule has 0 fully saturated rings. The average molecular weight is 388 g/mol. The third-order valence-electron chi connectivity index (χ3n) is 3.25. The van der Waals surface area contributed by atoms with Crippen LogP contribution in [0, 0.1) is 21.4 Å². The van der Waals surface area contributed by atoms with E-state index in [1.807, 2.05) is 0 Å². The molecular weight excluding hydrogens is 376 g/mol. The summed E-state index contributed by atoms with van der Waals surface area (Å²) in [7, 11) is -4.36. The highest BCUT2D eigenvalue weighted by Gasteiger charge is 2.14. The molecule has 11 heteroatoms. The lowest BCUT2D eigenvalue weighted by Gasteiger charge is -2.06.